The van der Waals surface area contributed by atoms with Crippen LogP contribution in [0, 0.1) is 6.92 Å². The number of para-hydroxylation sites is 1. The first-order valence-corrected chi connectivity index (χ1v) is 8.05. The second kappa shape index (κ2) is 4.89. The highest BCUT2D eigenvalue weighted by Crippen LogP contribution is 2.35. The van der Waals surface area contributed by atoms with E-state index >= 15 is 0 Å². The minimum Gasteiger partial charge on any atom is -0.358 e. The molecule has 3 aromatic rings. The first-order valence-electron chi connectivity index (χ1n) is 5.65. The third kappa shape index (κ3) is 2.20. The van der Waals surface area contributed by atoms with Gasteiger partial charge in [-0.05, 0) is 50.9 Å². The van der Waals surface area contributed by atoms with Crippen LogP contribution in [0.15, 0.2) is 37.9 Å². The molecule has 0 aliphatic heterocycles. The van der Waals surface area contributed by atoms with Crippen LogP contribution in [0.2, 0.25) is 0 Å². The monoisotopic (exact) mass is 397 g/mol. The molecular formula is C14H9Br2NOS. The Kier molecular flexibility index (Phi) is 3.37. The van der Waals surface area contributed by atoms with Crippen molar-refractivity contribution in [1.82, 2.24) is 4.98 Å². The van der Waals surface area contributed by atoms with Crippen molar-refractivity contribution in [3.8, 4) is 0 Å². The van der Waals surface area contributed by atoms with Gasteiger partial charge in [-0.3, -0.25) is 4.79 Å². The van der Waals surface area contributed by atoms with Crippen molar-refractivity contribution in [3.05, 3.63) is 54.7 Å². The van der Waals surface area contributed by atoms with Gasteiger partial charge in [-0.25, -0.2) is 0 Å². The maximum absolute atomic E-state index is 12.7. The van der Waals surface area contributed by atoms with Crippen molar-refractivity contribution in [2.45, 2.75) is 6.92 Å². The van der Waals surface area contributed by atoms with Crippen LogP contribution in [0.4, 0.5) is 0 Å². The van der Waals surface area contributed by atoms with Crippen LogP contribution >= 0.6 is 43.2 Å². The van der Waals surface area contributed by atoms with Gasteiger partial charge < -0.3 is 4.98 Å². The van der Waals surface area contributed by atoms with E-state index in [-0.39, 0.29) is 5.78 Å². The van der Waals surface area contributed by atoms with Crippen LogP contribution in [0.5, 0.6) is 0 Å². The highest BCUT2D eigenvalue weighted by atomic mass is 79.9. The summed E-state index contributed by atoms with van der Waals surface area (Å²) >= 11 is 8.37. The molecule has 0 saturated heterocycles. The number of hydrogen-bond acceptors (Lipinski definition) is 2. The largest absolute Gasteiger partial charge is 0.358 e. The Balaban J connectivity index is 2.22. The first kappa shape index (κ1) is 13.1. The van der Waals surface area contributed by atoms with E-state index in [1.54, 1.807) is 0 Å². The molecule has 96 valence electrons. The molecule has 0 amide bonds. The molecule has 19 heavy (non-hydrogen) atoms. The standard InChI is InChI=1S/C14H9Br2NOS/c1-7-12(8-4-2-3-5-10(8)17-7)13(18)9-6-11(15)19-14(9)16/h2-6,17H,1H3. The van der Waals surface area contributed by atoms with Gasteiger partial charge in [0.1, 0.15) is 0 Å². The van der Waals surface area contributed by atoms with E-state index in [9.17, 15) is 4.79 Å². The summed E-state index contributed by atoms with van der Waals surface area (Å²) in [6, 6.07) is 9.73. The van der Waals surface area contributed by atoms with Gasteiger partial charge >= 0.3 is 0 Å². The smallest absolute Gasteiger partial charge is 0.197 e. The molecule has 0 atom stereocenters. The lowest BCUT2D eigenvalue weighted by Gasteiger charge is -1.99. The minimum atomic E-state index is 0.0452. The number of hydrogen-bond donors (Lipinski definition) is 1. The molecule has 1 N–H and O–H groups in total. The highest BCUT2D eigenvalue weighted by Gasteiger charge is 2.21. The van der Waals surface area contributed by atoms with E-state index in [1.165, 1.54) is 11.3 Å². The van der Waals surface area contributed by atoms with E-state index in [0.717, 1.165) is 29.7 Å². The molecule has 0 aliphatic carbocycles. The average molecular weight is 399 g/mol. The quantitative estimate of drug-likeness (QED) is 0.584. The van der Waals surface area contributed by atoms with Crippen molar-refractivity contribution in [3.63, 3.8) is 0 Å². The predicted octanol–water partition coefficient (Wildman–Crippen LogP) is 5.29. The van der Waals surface area contributed by atoms with Gasteiger partial charge in [0.25, 0.3) is 0 Å². The third-order valence-electron chi connectivity index (χ3n) is 3.02. The Morgan fingerprint density at radius 1 is 1.26 bits per heavy atom. The number of rotatable bonds is 2. The molecule has 0 unspecified atom stereocenters. The summed E-state index contributed by atoms with van der Waals surface area (Å²) in [5.41, 5.74) is 3.35. The van der Waals surface area contributed by atoms with Crippen molar-refractivity contribution >= 4 is 59.9 Å². The van der Waals surface area contributed by atoms with Crippen LogP contribution in [-0.4, -0.2) is 10.8 Å². The molecular weight excluding hydrogens is 390 g/mol. The van der Waals surface area contributed by atoms with Crippen LogP contribution < -0.4 is 0 Å². The fraction of sp³-hybridized carbons (Fsp3) is 0.0714. The zero-order chi connectivity index (χ0) is 13.6. The Labute approximate surface area is 131 Å². The summed E-state index contributed by atoms with van der Waals surface area (Å²) in [5.74, 6) is 0.0452. The van der Waals surface area contributed by atoms with Crippen LogP contribution in [0.25, 0.3) is 10.9 Å². The maximum Gasteiger partial charge on any atom is 0.197 e. The lowest BCUT2D eigenvalue weighted by molar-refractivity contribution is 0.103. The van der Waals surface area contributed by atoms with Crippen molar-refractivity contribution in [1.29, 1.82) is 0 Å². The van der Waals surface area contributed by atoms with Gasteiger partial charge in [-0.15, -0.1) is 11.3 Å². The van der Waals surface area contributed by atoms with Crippen molar-refractivity contribution < 1.29 is 4.79 Å². The molecule has 0 fully saturated rings. The highest BCUT2D eigenvalue weighted by molar-refractivity contribution is 9.12. The summed E-state index contributed by atoms with van der Waals surface area (Å²) in [7, 11) is 0. The number of fused-ring (bicyclic) bond motifs is 1. The molecule has 0 bridgehead atoms. The molecule has 1 aromatic carbocycles. The summed E-state index contributed by atoms with van der Waals surface area (Å²) in [5, 5.41) is 0.972. The summed E-state index contributed by atoms with van der Waals surface area (Å²) in [6.07, 6.45) is 0. The van der Waals surface area contributed by atoms with Gasteiger partial charge in [0.05, 0.1) is 13.1 Å². The topological polar surface area (TPSA) is 32.9 Å². The van der Waals surface area contributed by atoms with Crippen molar-refractivity contribution in [2.75, 3.05) is 0 Å². The number of carbonyl (C=O) groups excluding carboxylic acids is 1. The number of benzene rings is 1. The fourth-order valence-corrected chi connectivity index (χ4v) is 4.99. The maximum atomic E-state index is 12.7. The van der Waals surface area contributed by atoms with E-state index in [1.807, 2.05) is 37.3 Å². The fourth-order valence-electron chi connectivity index (χ4n) is 2.20. The van der Waals surface area contributed by atoms with Gasteiger partial charge in [-0.2, -0.15) is 0 Å². The zero-order valence-electron chi connectivity index (χ0n) is 9.96. The third-order valence-corrected chi connectivity index (χ3v) is 5.36. The summed E-state index contributed by atoms with van der Waals surface area (Å²) in [4.78, 5) is 16.0. The van der Waals surface area contributed by atoms with Gasteiger partial charge in [0.15, 0.2) is 5.78 Å². The van der Waals surface area contributed by atoms with Crippen LogP contribution in [-0.2, 0) is 0 Å². The van der Waals surface area contributed by atoms with Gasteiger partial charge in [0.2, 0.25) is 0 Å². The number of aryl methyl sites for hydroxylation is 1. The zero-order valence-corrected chi connectivity index (χ0v) is 13.9. The Hall–Kier alpha value is -0.910. The molecule has 5 heteroatoms. The molecule has 0 spiro atoms. The number of thiophene rings is 1. The number of aromatic nitrogens is 1. The van der Waals surface area contributed by atoms with E-state index < -0.39 is 0 Å². The molecule has 3 rings (SSSR count). The molecule has 0 saturated carbocycles. The molecule has 0 aliphatic rings. The van der Waals surface area contributed by atoms with Gasteiger partial charge in [0, 0.05) is 22.2 Å². The summed E-state index contributed by atoms with van der Waals surface area (Å²) < 4.78 is 1.80. The molecule has 2 nitrogen and oxygen atoms in total. The number of aromatic amines is 1. The van der Waals surface area contributed by atoms with Crippen LogP contribution in [0.3, 0.4) is 0 Å². The number of carbonyl (C=O) groups is 1. The minimum absolute atomic E-state index is 0.0452. The lowest BCUT2D eigenvalue weighted by Crippen LogP contribution is -2.01. The normalized spacial score (nSPS) is 11.1. The summed E-state index contributed by atoms with van der Waals surface area (Å²) in [6.45, 7) is 1.93. The SMILES string of the molecule is Cc1[nH]c2ccccc2c1C(=O)c1cc(Br)sc1Br. The average Bonchev–Trinajstić information content (AvgIpc) is 2.87. The van der Waals surface area contributed by atoms with E-state index in [4.69, 9.17) is 0 Å². The molecule has 0 radical (unpaired) electrons. The molecule has 2 heterocycles. The Morgan fingerprint density at radius 2 is 2.00 bits per heavy atom. The Morgan fingerprint density at radius 3 is 2.68 bits per heavy atom. The predicted molar refractivity (Wildman–Crippen MR) is 86.2 cm³/mol. The number of H-pyrrole nitrogens is 1. The van der Waals surface area contributed by atoms with Crippen LogP contribution in [0.1, 0.15) is 21.6 Å². The van der Waals surface area contributed by atoms with E-state index in [0.29, 0.717) is 5.56 Å². The second-order valence-corrected chi connectivity index (χ2v) is 7.99. The van der Waals surface area contributed by atoms with Crippen molar-refractivity contribution in [2.24, 2.45) is 0 Å². The van der Waals surface area contributed by atoms with Gasteiger partial charge in [-0.1, -0.05) is 18.2 Å². The second-order valence-electron chi connectivity index (χ2n) is 4.24. The molecule has 2 aromatic heterocycles. The Bertz CT molecular complexity index is 788. The number of halogens is 2. The van der Waals surface area contributed by atoms with E-state index in [2.05, 4.69) is 36.8 Å². The number of ketones is 1. The first-order chi connectivity index (χ1) is 9.08. The lowest BCUT2D eigenvalue weighted by atomic mass is 10.0. The number of nitrogens with one attached hydrogen (secondary N) is 1.